The molecule has 4 heteroatoms. The average molecular weight is 272 g/mol. The molecule has 0 aliphatic heterocycles. The van der Waals surface area contributed by atoms with Crippen LogP contribution in [0.1, 0.15) is 18.4 Å². The number of ether oxygens (including phenoxy) is 1. The van der Waals surface area contributed by atoms with Crippen molar-refractivity contribution in [3.05, 3.63) is 48.0 Å². The standard InChI is InChI=1S/C16H17FN2O/c1-20-15-4-5-16(11-6-13(17)10-18-8-11)12(7-15)9-19-14-2-3-14/h4-8,10,14,19H,2-3,9H2,1H3. The lowest BCUT2D eigenvalue weighted by atomic mass is 10.0. The quantitative estimate of drug-likeness (QED) is 0.908. The lowest BCUT2D eigenvalue weighted by molar-refractivity contribution is 0.414. The number of rotatable bonds is 5. The van der Waals surface area contributed by atoms with E-state index >= 15 is 0 Å². The molecule has 0 atom stereocenters. The van der Waals surface area contributed by atoms with Gasteiger partial charge in [-0.3, -0.25) is 4.98 Å². The second-order valence-electron chi connectivity index (χ2n) is 5.07. The lowest BCUT2D eigenvalue weighted by Gasteiger charge is -2.12. The monoisotopic (exact) mass is 272 g/mol. The maximum atomic E-state index is 13.4. The van der Waals surface area contributed by atoms with Crippen molar-refractivity contribution in [1.29, 1.82) is 0 Å². The van der Waals surface area contributed by atoms with Crippen LogP contribution in [0.15, 0.2) is 36.7 Å². The van der Waals surface area contributed by atoms with Gasteiger partial charge in [0.2, 0.25) is 0 Å². The van der Waals surface area contributed by atoms with Crippen molar-refractivity contribution in [2.24, 2.45) is 0 Å². The van der Waals surface area contributed by atoms with Gasteiger partial charge in [-0.05, 0) is 42.2 Å². The molecule has 0 spiro atoms. The third-order valence-electron chi connectivity index (χ3n) is 3.49. The predicted molar refractivity (Wildman–Crippen MR) is 76.0 cm³/mol. The topological polar surface area (TPSA) is 34.1 Å². The minimum Gasteiger partial charge on any atom is -0.497 e. The van der Waals surface area contributed by atoms with Crippen molar-refractivity contribution in [2.75, 3.05) is 7.11 Å². The third kappa shape index (κ3) is 2.96. The molecule has 0 saturated heterocycles. The van der Waals surface area contributed by atoms with E-state index in [0.29, 0.717) is 6.04 Å². The summed E-state index contributed by atoms with van der Waals surface area (Å²) >= 11 is 0. The molecule has 3 rings (SSSR count). The molecule has 3 nitrogen and oxygen atoms in total. The Labute approximate surface area is 117 Å². The fraction of sp³-hybridized carbons (Fsp3) is 0.312. The summed E-state index contributed by atoms with van der Waals surface area (Å²) in [7, 11) is 1.65. The van der Waals surface area contributed by atoms with Crippen LogP contribution in [0.4, 0.5) is 4.39 Å². The molecule has 1 N–H and O–H groups in total. The van der Waals surface area contributed by atoms with E-state index in [9.17, 15) is 4.39 Å². The zero-order valence-electron chi connectivity index (χ0n) is 11.4. The van der Waals surface area contributed by atoms with E-state index in [4.69, 9.17) is 4.74 Å². The van der Waals surface area contributed by atoms with Crippen LogP contribution in [-0.4, -0.2) is 18.1 Å². The molecule has 0 unspecified atom stereocenters. The summed E-state index contributed by atoms with van der Waals surface area (Å²) in [5.41, 5.74) is 2.88. The number of hydrogen-bond acceptors (Lipinski definition) is 3. The second-order valence-corrected chi connectivity index (χ2v) is 5.07. The smallest absolute Gasteiger partial charge is 0.142 e. The zero-order chi connectivity index (χ0) is 13.9. The highest BCUT2D eigenvalue weighted by Gasteiger charge is 2.20. The number of halogens is 1. The number of aromatic nitrogens is 1. The Kier molecular flexibility index (Phi) is 3.65. The minimum absolute atomic E-state index is 0.320. The Morgan fingerprint density at radius 2 is 2.15 bits per heavy atom. The molecule has 1 fully saturated rings. The molecule has 1 aliphatic carbocycles. The molecule has 1 aliphatic rings. The second kappa shape index (κ2) is 5.59. The van der Waals surface area contributed by atoms with E-state index in [0.717, 1.165) is 29.0 Å². The van der Waals surface area contributed by atoms with Gasteiger partial charge < -0.3 is 10.1 Å². The number of nitrogens with zero attached hydrogens (tertiary/aromatic N) is 1. The van der Waals surface area contributed by atoms with Gasteiger partial charge in [0, 0.05) is 24.3 Å². The molecule has 104 valence electrons. The number of methoxy groups -OCH3 is 1. The fourth-order valence-corrected chi connectivity index (χ4v) is 2.23. The predicted octanol–water partition coefficient (Wildman–Crippen LogP) is 3.15. The van der Waals surface area contributed by atoms with E-state index in [1.165, 1.54) is 25.1 Å². The molecule has 0 radical (unpaired) electrons. The largest absolute Gasteiger partial charge is 0.497 e. The summed E-state index contributed by atoms with van der Waals surface area (Å²) < 4.78 is 18.6. The molecule has 0 amide bonds. The van der Waals surface area contributed by atoms with Crippen LogP contribution in [0.3, 0.4) is 0 Å². The fourth-order valence-electron chi connectivity index (χ4n) is 2.23. The van der Waals surface area contributed by atoms with Crippen molar-refractivity contribution in [3.63, 3.8) is 0 Å². The Morgan fingerprint density at radius 3 is 2.85 bits per heavy atom. The average Bonchev–Trinajstić information content (AvgIpc) is 3.29. The van der Waals surface area contributed by atoms with Crippen molar-refractivity contribution in [1.82, 2.24) is 10.3 Å². The zero-order valence-corrected chi connectivity index (χ0v) is 11.4. The summed E-state index contributed by atoms with van der Waals surface area (Å²) in [6.45, 7) is 0.758. The van der Waals surface area contributed by atoms with E-state index in [2.05, 4.69) is 10.3 Å². The van der Waals surface area contributed by atoms with Crippen LogP contribution in [0.25, 0.3) is 11.1 Å². The molecule has 1 aromatic heterocycles. The molecule has 1 saturated carbocycles. The number of hydrogen-bond donors (Lipinski definition) is 1. The van der Waals surface area contributed by atoms with Crippen LogP contribution in [0.2, 0.25) is 0 Å². The van der Waals surface area contributed by atoms with Crippen LogP contribution in [0, 0.1) is 5.82 Å². The molecule has 0 bridgehead atoms. The van der Waals surface area contributed by atoms with Crippen LogP contribution in [-0.2, 0) is 6.54 Å². The Hall–Kier alpha value is -1.94. The normalized spacial score (nSPS) is 14.3. The van der Waals surface area contributed by atoms with Gasteiger partial charge in [-0.25, -0.2) is 4.39 Å². The van der Waals surface area contributed by atoms with Crippen LogP contribution < -0.4 is 10.1 Å². The van der Waals surface area contributed by atoms with E-state index in [1.54, 1.807) is 13.3 Å². The van der Waals surface area contributed by atoms with Crippen molar-refractivity contribution < 1.29 is 9.13 Å². The van der Waals surface area contributed by atoms with Crippen molar-refractivity contribution >= 4 is 0 Å². The summed E-state index contributed by atoms with van der Waals surface area (Å²) in [6, 6.07) is 7.98. The summed E-state index contributed by atoms with van der Waals surface area (Å²) in [5, 5.41) is 3.48. The Balaban J connectivity index is 1.94. The summed E-state index contributed by atoms with van der Waals surface area (Å²) in [4.78, 5) is 3.93. The Bertz CT molecular complexity index is 611. The van der Waals surface area contributed by atoms with Crippen molar-refractivity contribution in [2.45, 2.75) is 25.4 Å². The first-order valence-electron chi connectivity index (χ1n) is 6.77. The summed E-state index contributed by atoms with van der Waals surface area (Å²) in [5.74, 6) is 0.491. The first kappa shape index (κ1) is 13.1. The van der Waals surface area contributed by atoms with E-state index < -0.39 is 0 Å². The molecule has 1 aromatic carbocycles. The van der Waals surface area contributed by atoms with Crippen LogP contribution >= 0.6 is 0 Å². The molecule has 1 heterocycles. The van der Waals surface area contributed by atoms with Gasteiger partial charge in [0.05, 0.1) is 13.3 Å². The first-order chi connectivity index (χ1) is 9.76. The van der Waals surface area contributed by atoms with Gasteiger partial charge in [0.15, 0.2) is 0 Å². The lowest BCUT2D eigenvalue weighted by Crippen LogP contribution is -2.16. The highest BCUT2D eigenvalue weighted by molar-refractivity contribution is 5.67. The minimum atomic E-state index is -0.320. The van der Waals surface area contributed by atoms with Gasteiger partial charge in [0.25, 0.3) is 0 Å². The summed E-state index contributed by atoms with van der Waals surface area (Å²) in [6.07, 6.45) is 5.38. The molecular formula is C16H17FN2O. The van der Waals surface area contributed by atoms with E-state index in [-0.39, 0.29) is 5.82 Å². The van der Waals surface area contributed by atoms with Crippen LogP contribution in [0.5, 0.6) is 5.75 Å². The molecular weight excluding hydrogens is 255 g/mol. The van der Waals surface area contributed by atoms with Gasteiger partial charge in [0.1, 0.15) is 11.6 Å². The van der Waals surface area contributed by atoms with Crippen molar-refractivity contribution in [3.8, 4) is 16.9 Å². The number of nitrogens with one attached hydrogen (secondary N) is 1. The highest BCUT2D eigenvalue weighted by atomic mass is 19.1. The molecule has 20 heavy (non-hydrogen) atoms. The maximum absolute atomic E-state index is 13.4. The van der Waals surface area contributed by atoms with Gasteiger partial charge in [-0.2, -0.15) is 0 Å². The van der Waals surface area contributed by atoms with Gasteiger partial charge in [-0.1, -0.05) is 6.07 Å². The van der Waals surface area contributed by atoms with Gasteiger partial charge >= 0.3 is 0 Å². The highest BCUT2D eigenvalue weighted by Crippen LogP contribution is 2.28. The number of benzene rings is 1. The van der Waals surface area contributed by atoms with Gasteiger partial charge in [-0.15, -0.1) is 0 Å². The first-order valence-corrected chi connectivity index (χ1v) is 6.77. The third-order valence-corrected chi connectivity index (χ3v) is 3.49. The molecule has 2 aromatic rings. The van der Waals surface area contributed by atoms with E-state index in [1.807, 2.05) is 18.2 Å². The maximum Gasteiger partial charge on any atom is 0.142 e. The number of pyridine rings is 1. The SMILES string of the molecule is COc1ccc(-c2cncc(F)c2)c(CNC2CC2)c1. The Morgan fingerprint density at radius 1 is 1.30 bits per heavy atom.